The average molecular weight is 137 g/mol. The smallest absolute Gasteiger partial charge is 0.324 e. The van der Waals surface area contributed by atoms with E-state index in [4.69, 9.17) is 9.79 Å². The van der Waals surface area contributed by atoms with Crippen LogP contribution in [0.15, 0.2) is 0 Å². The zero-order valence-electron chi connectivity index (χ0n) is 4.03. The summed E-state index contributed by atoms with van der Waals surface area (Å²) < 4.78 is 9.69. The molecule has 0 heterocycles. The predicted octanol–water partition coefficient (Wildman–Crippen LogP) is -0.197. The van der Waals surface area contributed by atoms with Crippen LogP contribution in [0.3, 0.4) is 0 Å². The van der Waals surface area contributed by atoms with Crippen LogP contribution in [-0.4, -0.2) is 33.3 Å². The first kappa shape index (κ1) is 10.6. The third-order valence-corrected chi connectivity index (χ3v) is 1.24. The maximum Gasteiger partial charge on any atom is 0.325 e. The third-order valence-electron chi connectivity index (χ3n) is 0.412. The van der Waals surface area contributed by atoms with Crippen molar-refractivity contribution in [1.29, 1.82) is 0 Å². The summed E-state index contributed by atoms with van der Waals surface area (Å²) in [7, 11) is -3.65. The van der Waals surface area contributed by atoms with Crippen molar-refractivity contribution < 1.29 is 14.4 Å². The van der Waals surface area contributed by atoms with Crippen LogP contribution < -0.4 is 0 Å². The molecule has 5 heteroatoms. The first-order valence-corrected chi connectivity index (χ1v) is 3.40. The molecule has 0 fully saturated rings. The van der Waals surface area contributed by atoms with Crippen LogP contribution in [0.2, 0.25) is 0 Å². The van der Waals surface area contributed by atoms with Gasteiger partial charge in [0.25, 0.3) is 0 Å². The van der Waals surface area contributed by atoms with E-state index in [0.717, 1.165) is 0 Å². The molecule has 7 heavy (non-hydrogen) atoms. The van der Waals surface area contributed by atoms with Crippen molar-refractivity contribution in [3.8, 4) is 0 Å². The highest BCUT2D eigenvalue weighted by Gasteiger charge is 2.05. The molecule has 0 unspecified atom stereocenters. The van der Waals surface area contributed by atoms with Crippen molar-refractivity contribution >= 4 is 25.0 Å². The van der Waals surface area contributed by atoms with E-state index in [2.05, 4.69) is 0 Å². The second kappa shape index (κ2) is 3.66. The Labute approximate surface area is 53.0 Å². The normalized spacial score (nSPS) is 10.1. The summed E-state index contributed by atoms with van der Waals surface area (Å²) in [5.41, 5.74) is 0. The summed E-state index contributed by atoms with van der Waals surface area (Å²) in [5.74, 6) is 0. The molecule has 0 rings (SSSR count). The topological polar surface area (TPSA) is 57.5 Å². The van der Waals surface area contributed by atoms with Gasteiger partial charge in [0.1, 0.15) is 0 Å². The lowest BCUT2D eigenvalue weighted by Crippen LogP contribution is -1.76. The van der Waals surface area contributed by atoms with Crippen molar-refractivity contribution in [1.82, 2.24) is 0 Å². The fourth-order valence-corrected chi connectivity index (χ4v) is 0. The van der Waals surface area contributed by atoms with Gasteiger partial charge in [-0.15, -0.1) is 0 Å². The minimum atomic E-state index is -3.65. The Balaban J connectivity index is 0. The summed E-state index contributed by atoms with van der Waals surface area (Å²) in [6.45, 7) is 1.45. The van der Waals surface area contributed by atoms with Crippen LogP contribution >= 0.6 is 7.60 Å². The van der Waals surface area contributed by atoms with E-state index < -0.39 is 7.60 Å². The maximum absolute atomic E-state index is 9.69. The van der Waals surface area contributed by atoms with E-state index in [-0.39, 0.29) is 23.5 Å². The number of rotatable bonds is 1. The van der Waals surface area contributed by atoms with Crippen molar-refractivity contribution in [3.63, 3.8) is 0 Å². The van der Waals surface area contributed by atoms with Gasteiger partial charge < -0.3 is 9.79 Å². The molecule has 0 atom stereocenters. The SMILES string of the molecule is CCP(=O)(O)O.[Al]. The Kier molecular flexibility index (Phi) is 5.55. The van der Waals surface area contributed by atoms with Crippen LogP contribution in [0, 0.1) is 0 Å². The molecule has 0 aliphatic carbocycles. The summed E-state index contributed by atoms with van der Waals surface area (Å²) in [6, 6.07) is 0. The predicted molar refractivity (Wildman–Crippen MR) is 28.3 cm³/mol. The van der Waals surface area contributed by atoms with E-state index in [9.17, 15) is 4.57 Å². The molecule has 0 aliphatic heterocycles. The minimum absolute atomic E-state index is 0. The summed E-state index contributed by atoms with van der Waals surface area (Å²) in [5, 5.41) is 0. The number of hydrogen-bond acceptors (Lipinski definition) is 1. The Morgan fingerprint density at radius 2 is 1.71 bits per heavy atom. The molecular weight excluding hydrogens is 130 g/mol. The van der Waals surface area contributed by atoms with Crippen molar-refractivity contribution in [3.05, 3.63) is 0 Å². The molecule has 3 nitrogen and oxygen atoms in total. The zero-order valence-corrected chi connectivity index (χ0v) is 6.08. The molecule has 0 aromatic heterocycles. The highest BCUT2D eigenvalue weighted by Crippen LogP contribution is 2.32. The summed E-state index contributed by atoms with van der Waals surface area (Å²) in [4.78, 5) is 15.9. The zero-order chi connectivity index (χ0) is 5.21. The Hall–Kier alpha value is 0.682. The van der Waals surface area contributed by atoms with Gasteiger partial charge in [0.05, 0.1) is 0 Å². The van der Waals surface area contributed by atoms with Gasteiger partial charge >= 0.3 is 7.60 Å². The largest absolute Gasteiger partial charge is 0.325 e. The molecule has 3 radical (unpaired) electrons. The van der Waals surface area contributed by atoms with Crippen molar-refractivity contribution in [2.45, 2.75) is 6.92 Å². The van der Waals surface area contributed by atoms with Crippen LogP contribution in [0.25, 0.3) is 0 Å². The first-order valence-electron chi connectivity index (χ1n) is 1.61. The van der Waals surface area contributed by atoms with Gasteiger partial charge in [0.15, 0.2) is 0 Å². The van der Waals surface area contributed by atoms with Crippen molar-refractivity contribution in [2.75, 3.05) is 6.16 Å². The second-order valence-electron chi connectivity index (χ2n) is 0.981. The molecule has 0 spiro atoms. The van der Waals surface area contributed by atoms with Crippen LogP contribution in [0.5, 0.6) is 0 Å². The average Bonchev–Trinajstić information content (AvgIpc) is 1.35. The quantitative estimate of drug-likeness (QED) is 0.388. The molecule has 0 aromatic rings. The van der Waals surface area contributed by atoms with Gasteiger partial charge in [-0.25, -0.2) is 0 Å². The molecule has 41 valence electrons. The van der Waals surface area contributed by atoms with E-state index in [0.29, 0.717) is 0 Å². The lowest BCUT2D eigenvalue weighted by molar-refractivity contribution is 0.375. The monoisotopic (exact) mass is 137 g/mol. The third kappa shape index (κ3) is 10.8. The first-order chi connectivity index (χ1) is 2.56. The molecule has 0 saturated heterocycles. The van der Waals surface area contributed by atoms with E-state index >= 15 is 0 Å². The molecule has 0 aromatic carbocycles. The van der Waals surface area contributed by atoms with Gasteiger partial charge in [-0.05, 0) is 0 Å². The Morgan fingerprint density at radius 3 is 1.71 bits per heavy atom. The van der Waals surface area contributed by atoms with Crippen LogP contribution in [-0.2, 0) is 4.57 Å². The second-order valence-corrected chi connectivity index (χ2v) is 2.94. The Bertz CT molecular complexity index is 77.0. The van der Waals surface area contributed by atoms with Crippen LogP contribution in [0.1, 0.15) is 6.92 Å². The molecular formula is C2H7AlO3P. The van der Waals surface area contributed by atoms with Gasteiger partial charge in [-0.1, -0.05) is 6.92 Å². The van der Waals surface area contributed by atoms with Gasteiger partial charge in [-0.2, -0.15) is 0 Å². The molecule has 0 saturated carbocycles. The van der Waals surface area contributed by atoms with E-state index in [1.54, 1.807) is 0 Å². The maximum atomic E-state index is 9.69. The number of hydrogen-bond donors (Lipinski definition) is 2. The highest BCUT2D eigenvalue weighted by atomic mass is 31.2. The molecule has 0 aliphatic rings. The van der Waals surface area contributed by atoms with E-state index in [1.807, 2.05) is 0 Å². The van der Waals surface area contributed by atoms with Crippen molar-refractivity contribution in [2.24, 2.45) is 0 Å². The summed E-state index contributed by atoms with van der Waals surface area (Å²) in [6.07, 6.45) is -0.0625. The lowest BCUT2D eigenvalue weighted by Gasteiger charge is -1.92. The standard InChI is InChI=1S/C2H7O3P.Al/c1-2-6(3,4)5;/h2H2,1H3,(H2,3,4,5);. The fraction of sp³-hybridized carbons (Fsp3) is 1.00. The van der Waals surface area contributed by atoms with Gasteiger partial charge in [-0.3, -0.25) is 4.57 Å². The molecule has 0 amide bonds. The highest BCUT2D eigenvalue weighted by molar-refractivity contribution is 7.51. The van der Waals surface area contributed by atoms with Gasteiger partial charge in [0, 0.05) is 23.5 Å². The van der Waals surface area contributed by atoms with E-state index in [1.165, 1.54) is 6.92 Å². The molecule has 2 N–H and O–H groups in total. The lowest BCUT2D eigenvalue weighted by atomic mass is 11.0. The van der Waals surface area contributed by atoms with Crippen LogP contribution in [0.4, 0.5) is 0 Å². The van der Waals surface area contributed by atoms with Gasteiger partial charge in [0.2, 0.25) is 0 Å². The fourth-order valence-electron chi connectivity index (χ4n) is 0. The molecule has 0 bridgehead atoms. The minimum Gasteiger partial charge on any atom is -0.324 e. The Morgan fingerprint density at radius 1 is 1.57 bits per heavy atom. The summed E-state index contributed by atoms with van der Waals surface area (Å²) >= 11 is 0.